The molecule has 0 N–H and O–H groups in total. The smallest absolute Gasteiger partial charge is 0.0335 e. The van der Waals surface area contributed by atoms with Crippen molar-refractivity contribution in [1.82, 2.24) is 0 Å². The van der Waals surface area contributed by atoms with Gasteiger partial charge in [0.05, 0.1) is 0 Å². The first-order valence-electron chi connectivity index (χ1n) is 5.62. The van der Waals surface area contributed by atoms with Crippen LogP contribution in [0.5, 0.6) is 0 Å². The van der Waals surface area contributed by atoms with E-state index in [4.69, 9.17) is 0 Å². The summed E-state index contributed by atoms with van der Waals surface area (Å²) in [6, 6.07) is 0. The van der Waals surface area contributed by atoms with Gasteiger partial charge in [-0.15, -0.1) is 0 Å². The van der Waals surface area contributed by atoms with Gasteiger partial charge < -0.3 is 0 Å². The lowest BCUT2D eigenvalue weighted by Crippen LogP contribution is -2.25. The molecule has 0 aromatic heterocycles. The van der Waals surface area contributed by atoms with Crippen molar-refractivity contribution in [3.63, 3.8) is 0 Å². The predicted molar refractivity (Wildman–Crippen MR) is 103 cm³/mol. The van der Waals surface area contributed by atoms with Gasteiger partial charge in [-0.25, -0.2) is 0 Å². The zero-order valence-corrected chi connectivity index (χ0v) is 16.3. The van der Waals surface area contributed by atoms with Crippen LogP contribution in [0.25, 0.3) is 0 Å². The Balaban J connectivity index is 1.55. The van der Waals surface area contributed by atoms with Crippen molar-refractivity contribution in [1.29, 1.82) is 0 Å². The van der Waals surface area contributed by atoms with E-state index in [0.717, 1.165) is 15.7 Å². The molecule has 3 fully saturated rings. The van der Waals surface area contributed by atoms with Gasteiger partial charge in [-0.1, -0.05) is 47.6 Å². The molecule has 0 aromatic carbocycles. The lowest BCUT2D eigenvalue weighted by molar-refractivity contribution is 1.09. The van der Waals surface area contributed by atoms with Crippen LogP contribution in [0.15, 0.2) is 0 Å². The SMILES string of the molecule is PS(SC1CSC1)(SC1CSC1)SC1CSC1. The van der Waals surface area contributed by atoms with E-state index in [9.17, 15) is 0 Å². The van der Waals surface area contributed by atoms with Crippen molar-refractivity contribution < 1.29 is 0 Å². The summed E-state index contributed by atoms with van der Waals surface area (Å²) in [5, 5.41) is 2.86. The Morgan fingerprint density at radius 1 is 0.706 bits per heavy atom. The van der Waals surface area contributed by atoms with E-state index in [0.29, 0.717) is 0 Å². The minimum absolute atomic E-state index is 0.593. The Labute approximate surface area is 132 Å². The monoisotopic (exact) mass is 380 g/mol. The Bertz CT molecular complexity index is 223. The molecular weight excluding hydrogens is 364 g/mol. The lowest BCUT2D eigenvalue weighted by atomic mass is 10.5. The van der Waals surface area contributed by atoms with Gasteiger partial charge in [-0.3, -0.25) is 0 Å². The molecule has 0 bridgehead atoms. The first-order valence-corrected chi connectivity index (χ1v) is 16.4. The third-order valence-corrected chi connectivity index (χ3v) is 22.5. The molecule has 1 atom stereocenters. The number of thioether (sulfide) groups is 3. The third kappa shape index (κ3) is 4.18. The Morgan fingerprint density at radius 2 is 1.00 bits per heavy atom. The molecule has 0 amide bonds. The number of rotatable bonds is 6. The van der Waals surface area contributed by atoms with Crippen molar-refractivity contribution in [2.45, 2.75) is 15.7 Å². The van der Waals surface area contributed by atoms with Crippen LogP contribution in [0.1, 0.15) is 0 Å². The van der Waals surface area contributed by atoms with E-state index in [-0.39, 0.29) is 0 Å². The minimum atomic E-state index is -0.593. The molecule has 8 heteroatoms. The van der Waals surface area contributed by atoms with Gasteiger partial charge in [0, 0.05) is 50.3 Å². The Hall–Kier alpha value is 2.88. The fourth-order valence-corrected chi connectivity index (χ4v) is 25.4. The zero-order chi connectivity index (χ0) is 11.7. The van der Waals surface area contributed by atoms with Crippen LogP contribution in [0.4, 0.5) is 0 Å². The summed E-state index contributed by atoms with van der Waals surface area (Å²) in [5.41, 5.74) is 0. The molecule has 17 heavy (non-hydrogen) atoms. The minimum Gasteiger partial charge on any atom is -0.160 e. The van der Waals surface area contributed by atoms with Gasteiger partial charge in [-0.05, 0) is 0 Å². The molecule has 0 spiro atoms. The highest BCUT2D eigenvalue weighted by atomic mass is 34.0. The summed E-state index contributed by atoms with van der Waals surface area (Å²) in [5.74, 6) is 8.38. The molecule has 3 rings (SSSR count). The van der Waals surface area contributed by atoms with Crippen LogP contribution in [-0.2, 0) is 0 Å². The highest BCUT2D eigenvalue weighted by Crippen LogP contribution is 2.87. The highest BCUT2D eigenvalue weighted by Gasteiger charge is 2.37. The van der Waals surface area contributed by atoms with Crippen LogP contribution >= 0.6 is 82.9 Å². The van der Waals surface area contributed by atoms with Gasteiger partial charge in [0.25, 0.3) is 0 Å². The maximum Gasteiger partial charge on any atom is 0.0335 e. The maximum absolute atomic E-state index is 3.28. The van der Waals surface area contributed by atoms with Gasteiger partial charge in [0.15, 0.2) is 0 Å². The molecular formula is C9H17PS7. The van der Waals surface area contributed by atoms with E-state index in [1.165, 1.54) is 34.5 Å². The molecule has 0 saturated carbocycles. The Kier molecular flexibility index (Phi) is 5.89. The quantitative estimate of drug-likeness (QED) is 0.473. The van der Waals surface area contributed by atoms with Gasteiger partial charge >= 0.3 is 0 Å². The second-order valence-corrected chi connectivity index (χ2v) is 24.6. The molecule has 3 aliphatic rings. The van der Waals surface area contributed by atoms with Crippen molar-refractivity contribution >= 4 is 82.9 Å². The van der Waals surface area contributed by atoms with Crippen LogP contribution < -0.4 is 0 Å². The molecule has 0 aliphatic carbocycles. The summed E-state index contributed by atoms with van der Waals surface area (Å²) < 4.78 is 0. The molecule has 3 saturated heterocycles. The van der Waals surface area contributed by atoms with Crippen molar-refractivity contribution in [3.8, 4) is 0 Å². The highest BCUT2D eigenvalue weighted by molar-refractivity contribution is 9.59. The maximum atomic E-state index is 3.28. The average molecular weight is 381 g/mol. The fourth-order valence-electron chi connectivity index (χ4n) is 1.45. The van der Waals surface area contributed by atoms with E-state index in [2.05, 4.69) is 76.1 Å². The standard InChI is InChI=1S/C9H17PS7/c10-17(14-7-1-11-2-7,15-8-3-12-4-8)16-9-5-13-6-9/h7-9H,1-6,10H2. The molecule has 3 heterocycles. The van der Waals surface area contributed by atoms with E-state index >= 15 is 0 Å². The second kappa shape index (κ2) is 6.76. The van der Waals surface area contributed by atoms with Gasteiger partial charge in [-0.2, -0.15) is 35.3 Å². The van der Waals surface area contributed by atoms with E-state index in [1.807, 2.05) is 0 Å². The zero-order valence-electron chi connectivity index (χ0n) is 9.41. The second-order valence-electron chi connectivity index (χ2n) is 4.26. The molecule has 0 aromatic rings. The summed E-state index contributed by atoms with van der Waals surface area (Å²) in [6.07, 6.45) is 0. The van der Waals surface area contributed by atoms with E-state index < -0.39 is 6.74 Å². The summed E-state index contributed by atoms with van der Waals surface area (Å²) in [6.45, 7) is -0.593. The molecule has 100 valence electrons. The summed E-state index contributed by atoms with van der Waals surface area (Å²) in [7, 11) is 10.2. The summed E-state index contributed by atoms with van der Waals surface area (Å²) in [4.78, 5) is 0. The first kappa shape index (κ1) is 14.8. The number of hydrogen-bond donors (Lipinski definition) is 0. The van der Waals surface area contributed by atoms with Gasteiger partial charge in [0.2, 0.25) is 0 Å². The topological polar surface area (TPSA) is 0 Å². The molecule has 0 nitrogen and oxygen atoms in total. The normalized spacial score (nSPS) is 28.3. The molecule has 0 radical (unpaired) electrons. The average Bonchev–Trinajstić information content (AvgIpc) is 2.13. The van der Waals surface area contributed by atoms with Crippen molar-refractivity contribution in [2.24, 2.45) is 0 Å². The third-order valence-electron chi connectivity index (χ3n) is 2.63. The van der Waals surface area contributed by atoms with E-state index in [1.54, 1.807) is 0 Å². The van der Waals surface area contributed by atoms with Crippen LogP contribution in [0, 0.1) is 0 Å². The summed E-state index contributed by atoms with van der Waals surface area (Å²) >= 11 is 6.36. The first-order chi connectivity index (χ1) is 8.23. The largest absolute Gasteiger partial charge is 0.160 e. The predicted octanol–water partition coefficient (Wildman–Crippen LogP) is 4.87. The molecule has 1 unspecified atom stereocenters. The lowest BCUT2D eigenvalue weighted by Gasteiger charge is -2.45. The fraction of sp³-hybridized carbons (Fsp3) is 1.00. The number of hydrogen-bond acceptors (Lipinski definition) is 6. The van der Waals surface area contributed by atoms with Crippen LogP contribution in [-0.4, -0.2) is 50.3 Å². The Morgan fingerprint density at radius 3 is 1.18 bits per heavy atom. The van der Waals surface area contributed by atoms with Gasteiger partial charge in [0.1, 0.15) is 0 Å². The van der Waals surface area contributed by atoms with Crippen LogP contribution in [0.2, 0.25) is 0 Å². The van der Waals surface area contributed by atoms with Crippen molar-refractivity contribution in [3.05, 3.63) is 0 Å². The van der Waals surface area contributed by atoms with Crippen molar-refractivity contribution in [2.75, 3.05) is 34.5 Å². The molecule has 3 aliphatic heterocycles. The van der Waals surface area contributed by atoms with Crippen LogP contribution in [0.3, 0.4) is 0 Å².